The predicted octanol–water partition coefficient (Wildman–Crippen LogP) is 5.69. The molecule has 42 heavy (non-hydrogen) atoms. The Balaban J connectivity index is 1.37. The van der Waals surface area contributed by atoms with Crippen LogP contribution in [-0.4, -0.2) is 25.0 Å². The fourth-order valence-electron chi connectivity index (χ4n) is 5.35. The van der Waals surface area contributed by atoms with Gasteiger partial charge in [-0.15, -0.1) is 0 Å². The van der Waals surface area contributed by atoms with Gasteiger partial charge < -0.3 is 25.9 Å². The molecule has 212 valence electrons. The first-order valence-electron chi connectivity index (χ1n) is 13.8. The number of benzene rings is 4. The number of hydrogen-bond donors (Lipinski definition) is 3. The Morgan fingerprint density at radius 3 is 2.40 bits per heavy atom. The Kier molecular flexibility index (Phi) is 7.22. The number of ether oxygens (including phenoxy) is 1. The number of furan rings is 1. The largest absolute Gasteiger partial charge is 0.492 e. The average molecular weight is 564 g/mol. The first-order chi connectivity index (χ1) is 20.4. The molecule has 0 saturated heterocycles. The van der Waals surface area contributed by atoms with Gasteiger partial charge in [0.15, 0.2) is 0 Å². The second-order valence-corrected chi connectivity index (χ2v) is 10.5. The molecule has 2 amide bonds. The highest BCUT2D eigenvalue weighted by Gasteiger charge is 2.45. The lowest BCUT2D eigenvalue weighted by atomic mass is 9.97. The zero-order valence-electron chi connectivity index (χ0n) is 22.9. The van der Waals surface area contributed by atoms with Gasteiger partial charge in [0.2, 0.25) is 0 Å². The van der Waals surface area contributed by atoms with Crippen molar-refractivity contribution in [3.05, 3.63) is 125 Å². The number of nitrogens with one attached hydrogen (secondary N) is 1. The summed E-state index contributed by atoms with van der Waals surface area (Å²) in [7, 11) is 0. The summed E-state index contributed by atoms with van der Waals surface area (Å²) < 4.78 is 25.4. The summed E-state index contributed by atoms with van der Waals surface area (Å²) in [6, 6.07) is 26.7. The van der Waals surface area contributed by atoms with Gasteiger partial charge in [0.25, 0.3) is 11.8 Å². The highest BCUT2D eigenvalue weighted by Crippen LogP contribution is 2.45. The van der Waals surface area contributed by atoms with E-state index >= 15 is 0 Å². The van der Waals surface area contributed by atoms with Crippen molar-refractivity contribution in [3.8, 4) is 16.9 Å². The number of carbonyl (C=O) groups is 2. The lowest BCUT2D eigenvalue weighted by Crippen LogP contribution is -2.34. The highest BCUT2D eigenvalue weighted by atomic mass is 19.1. The van der Waals surface area contributed by atoms with Gasteiger partial charge in [-0.25, -0.2) is 4.39 Å². The number of fused-ring (bicyclic) bond motifs is 1. The second-order valence-electron chi connectivity index (χ2n) is 10.5. The molecule has 8 heteroatoms. The fourth-order valence-corrected chi connectivity index (χ4v) is 5.35. The van der Waals surface area contributed by atoms with E-state index in [1.165, 1.54) is 12.1 Å². The number of halogens is 1. The Bertz CT molecular complexity index is 1780. The molecule has 0 aliphatic heterocycles. The van der Waals surface area contributed by atoms with Gasteiger partial charge in [0.05, 0.1) is 11.1 Å². The van der Waals surface area contributed by atoms with Crippen LogP contribution in [0.2, 0.25) is 0 Å². The van der Waals surface area contributed by atoms with Crippen LogP contribution in [0.15, 0.2) is 95.4 Å². The minimum Gasteiger partial charge on any atom is -0.492 e. The van der Waals surface area contributed by atoms with Gasteiger partial charge in [0, 0.05) is 29.5 Å². The summed E-state index contributed by atoms with van der Waals surface area (Å²) in [4.78, 5) is 26.1. The normalized spacial score (nSPS) is 13.6. The Morgan fingerprint density at radius 1 is 0.952 bits per heavy atom. The molecule has 1 aromatic heterocycles. The van der Waals surface area contributed by atoms with E-state index in [2.05, 4.69) is 5.32 Å². The summed E-state index contributed by atoms with van der Waals surface area (Å²) in [6.45, 7) is 0.610. The second kappa shape index (κ2) is 11.1. The van der Waals surface area contributed by atoms with E-state index in [0.717, 1.165) is 24.0 Å². The summed E-state index contributed by atoms with van der Waals surface area (Å²) in [5.74, 6) is -0.224. The molecule has 4 aromatic carbocycles. The van der Waals surface area contributed by atoms with Crippen LogP contribution in [0, 0.1) is 5.82 Å². The first kappa shape index (κ1) is 27.2. The molecule has 6 rings (SSSR count). The monoisotopic (exact) mass is 563 g/mol. The van der Waals surface area contributed by atoms with Gasteiger partial charge in [-0.05, 0) is 72.0 Å². The van der Waals surface area contributed by atoms with Crippen molar-refractivity contribution in [1.82, 2.24) is 5.32 Å². The Morgan fingerprint density at radius 2 is 1.71 bits per heavy atom. The third-order valence-electron chi connectivity index (χ3n) is 7.64. The topological polar surface area (TPSA) is 121 Å². The quantitative estimate of drug-likeness (QED) is 0.202. The molecule has 0 spiro atoms. The van der Waals surface area contributed by atoms with Crippen molar-refractivity contribution >= 4 is 22.8 Å². The molecule has 1 aliphatic rings. The molecule has 0 atom stereocenters. The first-order valence-corrected chi connectivity index (χ1v) is 13.8. The number of carbonyl (C=O) groups excluding carboxylic acids is 2. The van der Waals surface area contributed by atoms with E-state index in [9.17, 15) is 14.0 Å². The minimum absolute atomic E-state index is 0.188. The summed E-state index contributed by atoms with van der Waals surface area (Å²) in [5.41, 5.74) is 15.6. The van der Waals surface area contributed by atoms with E-state index in [4.69, 9.17) is 20.6 Å². The van der Waals surface area contributed by atoms with Gasteiger partial charge in [-0.3, -0.25) is 9.59 Å². The van der Waals surface area contributed by atoms with Gasteiger partial charge in [-0.2, -0.15) is 0 Å². The van der Waals surface area contributed by atoms with Crippen LogP contribution in [0.25, 0.3) is 22.1 Å². The van der Waals surface area contributed by atoms with Gasteiger partial charge in [0.1, 0.15) is 29.5 Å². The Hall–Kier alpha value is -4.95. The van der Waals surface area contributed by atoms with Crippen molar-refractivity contribution in [2.24, 2.45) is 11.5 Å². The number of primary amides is 1. The molecular weight excluding hydrogens is 533 g/mol. The van der Waals surface area contributed by atoms with E-state index in [1.807, 2.05) is 42.5 Å². The van der Waals surface area contributed by atoms with Crippen LogP contribution in [0.1, 0.15) is 50.4 Å². The van der Waals surface area contributed by atoms with Crippen molar-refractivity contribution < 1.29 is 23.1 Å². The average Bonchev–Trinajstić information content (AvgIpc) is 3.69. The lowest BCUT2D eigenvalue weighted by Gasteiger charge is -2.19. The number of rotatable bonds is 10. The number of hydrogen-bond acceptors (Lipinski definition) is 5. The highest BCUT2D eigenvalue weighted by molar-refractivity contribution is 6.07. The maximum absolute atomic E-state index is 13.5. The summed E-state index contributed by atoms with van der Waals surface area (Å²) >= 11 is 0. The molecule has 1 aliphatic carbocycles. The molecule has 0 radical (unpaired) electrons. The molecule has 7 nitrogen and oxygen atoms in total. The van der Waals surface area contributed by atoms with E-state index in [0.29, 0.717) is 45.7 Å². The summed E-state index contributed by atoms with van der Waals surface area (Å²) in [6.07, 6.45) is 2.02. The van der Waals surface area contributed by atoms with Crippen LogP contribution < -0.4 is 21.5 Å². The van der Waals surface area contributed by atoms with E-state index < -0.39 is 5.91 Å². The standard InChI is InChI=1S/C34H30FN3O4/c35-25-10-6-21(7-11-25)18-30-31(32(37)39)27-19-22(8-13-29(27)42-30)26-20-23(9-12-28(26)41-17-16-36)33(40)38-34(14-15-34)24-4-2-1-3-5-24/h1-13,19-20H,14-18,36H2,(H2,37,39)(H,38,40). The molecule has 1 heterocycles. The van der Waals surface area contributed by atoms with Crippen molar-refractivity contribution in [1.29, 1.82) is 0 Å². The SMILES string of the molecule is NCCOc1ccc(C(=O)NC2(c3ccccc3)CC2)cc1-c1ccc2oc(Cc3ccc(F)cc3)c(C(N)=O)c2c1. The predicted molar refractivity (Wildman–Crippen MR) is 159 cm³/mol. The number of amides is 2. The maximum atomic E-state index is 13.5. The smallest absolute Gasteiger partial charge is 0.252 e. The molecule has 1 saturated carbocycles. The van der Waals surface area contributed by atoms with Crippen molar-refractivity contribution in [2.75, 3.05) is 13.2 Å². The van der Waals surface area contributed by atoms with E-state index in [1.54, 1.807) is 36.4 Å². The molecule has 5 N–H and O–H groups in total. The fraction of sp³-hybridized carbons (Fsp3) is 0.176. The van der Waals surface area contributed by atoms with Crippen LogP contribution in [0.5, 0.6) is 5.75 Å². The number of nitrogens with two attached hydrogens (primary N) is 2. The van der Waals surface area contributed by atoms with Crippen LogP contribution in [-0.2, 0) is 12.0 Å². The molecule has 1 fully saturated rings. The van der Waals surface area contributed by atoms with Gasteiger partial charge >= 0.3 is 0 Å². The zero-order valence-corrected chi connectivity index (χ0v) is 22.9. The van der Waals surface area contributed by atoms with E-state index in [-0.39, 0.29) is 35.9 Å². The lowest BCUT2D eigenvalue weighted by molar-refractivity contribution is 0.0929. The van der Waals surface area contributed by atoms with Gasteiger partial charge in [-0.1, -0.05) is 48.5 Å². The van der Waals surface area contributed by atoms with Crippen LogP contribution in [0.3, 0.4) is 0 Å². The van der Waals surface area contributed by atoms with Crippen LogP contribution in [0.4, 0.5) is 4.39 Å². The summed E-state index contributed by atoms with van der Waals surface area (Å²) in [5, 5.41) is 3.77. The molecule has 0 unspecified atom stereocenters. The third-order valence-corrected chi connectivity index (χ3v) is 7.64. The Labute approximate surface area is 242 Å². The maximum Gasteiger partial charge on any atom is 0.252 e. The zero-order chi connectivity index (χ0) is 29.3. The van der Waals surface area contributed by atoms with Crippen molar-refractivity contribution in [2.45, 2.75) is 24.8 Å². The molecular formula is C34H30FN3O4. The molecule has 5 aromatic rings. The molecule has 0 bridgehead atoms. The van der Waals surface area contributed by atoms with Crippen LogP contribution >= 0.6 is 0 Å². The van der Waals surface area contributed by atoms with Crippen molar-refractivity contribution in [3.63, 3.8) is 0 Å². The third kappa shape index (κ3) is 5.36. The minimum atomic E-state index is -0.633.